The summed E-state index contributed by atoms with van der Waals surface area (Å²) in [4.78, 5) is 10.4. The van der Waals surface area contributed by atoms with Crippen LogP contribution in [0.3, 0.4) is 0 Å². The number of ether oxygens (including phenoxy) is 1. The molecule has 0 spiro atoms. The Hall–Kier alpha value is -0.870. The van der Waals surface area contributed by atoms with Crippen LogP contribution in [0.2, 0.25) is 0 Å². The molecule has 0 saturated carbocycles. The summed E-state index contributed by atoms with van der Waals surface area (Å²) >= 11 is 3.36. The summed E-state index contributed by atoms with van der Waals surface area (Å²) in [6.07, 6.45) is 1.25. The second-order valence-electron chi connectivity index (χ2n) is 2.75. The molecule has 1 aliphatic rings. The van der Waals surface area contributed by atoms with Crippen LogP contribution in [0.4, 0.5) is 0 Å². The van der Waals surface area contributed by atoms with Gasteiger partial charge >= 0.3 is 0 Å². The fourth-order valence-corrected chi connectivity index (χ4v) is 1.73. The normalized spacial score (nSPS) is 15.7. The first-order valence-corrected chi connectivity index (χ1v) is 5.94. The average Bonchev–Trinajstić information content (AvgIpc) is 2.76. The van der Waals surface area contributed by atoms with Crippen molar-refractivity contribution >= 4 is 22.2 Å². The van der Waals surface area contributed by atoms with Crippen LogP contribution in [-0.4, -0.2) is 24.6 Å². The molecule has 0 aliphatic carbocycles. The van der Waals surface area contributed by atoms with Crippen molar-refractivity contribution in [3.05, 3.63) is 28.2 Å². The molecule has 1 aliphatic heterocycles. The number of aliphatic hydroxyl groups excluding tert-OH is 1. The van der Waals surface area contributed by atoms with Crippen molar-refractivity contribution in [3.63, 3.8) is 0 Å². The van der Waals surface area contributed by atoms with Crippen molar-refractivity contribution in [3.8, 4) is 5.75 Å². The molecule has 0 fully saturated rings. The van der Waals surface area contributed by atoms with Gasteiger partial charge in [-0.1, -0.05) is 29.8 Å². The van der Waals surface area contributed by atoms with Gasteiger partial charge in [0.05, 0.1) is 0 Å². The zero-order valence-corrected chi connectivity index (χ0v) is 11.3. The predicted molar refractivity (Wildman–Crippen MR) is 67.8 cm³/mol. The number of aldehydes is 1. The Morgan fingerprint density at radius 1 is 1.44 bits per heavy atom. The molecule has 16 heavy (non-hydrogen) atoms. The van der Waals surface area contributed by atoms with Crippen molar-refractivity contribution in [1.29, 1.82) is 0 Å². The lowest BCUT2D eigenvalue weighted by Crippen LogP contribution is -2.13. The van der Waals surface area contributed by atoms with Gasteiger partial charge in [-0.05, 0) is 23.8 Å². The average molecular weight is 289 g/mol. The fourth-order valence-electron chi connectivity index (χ4n) is 1.32. The van der Waals surface area contributed by atoms with E-state index in [4.69, 9.17) is 9.84 Å². The van der Waals surface area contributed by atoms with Crippen LogP contribution >= 0.6 is 15.9 Å². The van der Waals surface area contributed by atoms with Crippen LogP contribution in [-0.2, 0) is 11.2 Å². The number of rotatable bonds is 1. The topological polar surface area (TPSA) is 46.5 Å². The summed E-state index contributed by atoms with van der Waals surface area (Å²) in [5.41, 5.74) is 1.10. The zero-order chi connectivity index (χ0) is 12.6. The number of halogens is 1. The van der Waals surface area contributed by atoms with E-state index in [0.29, 0.717) is 6.42 Å². The molecule has 1 heterocycles. The van der Waals surface area contributed by atoms with Gasteiger partial charge in [0.1, 0.15) is 5.75 Å². The minimum Gasteiger partial charge on any atom is -0.482 e. The van der Waals surface area contributed by atoms with Gasteiger partial charge in [-0.3, -0.25) is 4.79 Å². The molecule has 4 heteroatoms. The van der Waals surface area contributed by atoms with E-state index in [9.17, 15) is 4.79 Å². The Labute approximate surface area is 105 Å². The van der Waals surface area contributed by atoms with Crippen molar-refractivity contribution in [2.24, 2.45) is 0 Å². The van der Waals surface area contributed by atoms with Crippen LogP contribution in [0.1, 0.15) is 19.4 Å². The number of hydrogen-bond acceptors (Lipinski definition) is 3. The van der Waals surface area contributed by atoms with Crippen LogP contribution in [0.25, 0.3) is 0 Å². The SMILES string of the molecule is CC.CO.O=CC1Cc2cc(Br)ccc2O1. The fraction of sp³-hybridized carbons (Fsp3) is 0.417. The number of carbonyl (C=O) groups is 1. The van der Waals surface area contributed by atoms with E-state index in [0.717, 1.165) is 29.2 Å². The van der Waals surface area contributed by atoms with Gasteiger partial charge in [-0.15, -0.1) is 0 Å². The third-order valence-electron chi connectivity index (χ3n) is 1.87. The summed E-state index contributed by atoms with van der Waals surface area (Å²) in [5.74, 6) is 0.829. The molecule has 3 nitrogen and oxygen atoms in total. The largest absolute Gasteiger partial charge is 0.482 e. The Kier molecular flexibility index (Phi) is 7.85. The second-order valence-corrected chi connectivity index (χ2v) is 3.66. The lowest BCUT2D eigenvalue weighted by atomic mass is 10.1. The number of fused-ring (bicyclic) bond motifs is 1. The Bertz CT molecular complexity index is 326. The highest BCUT2D eigenvalue weighted by atomic mass is 79.9. The van der Waals surface area contributed by atoms with Crippen molar-refractivity contribution in [2.75, 3.05) is 7.11 Å². The monoisotopic (exact) mass is 288 g/mol. The van der Waals surface area contributed by atoms with E-state index in [2.05, 4.69) is 15.9 Å². The summed E-state index contributed by atoms with van der Waals surface area (Å²) < 4.78 is 6.35. The molecule has 1 N–H and O–H groups in total. The van der Waals surface area contributed by atoms with E-state index < -0.39 is 0 Å². The zero-order valence-electron chi connectivity index (χ0n) is 9.74. The Balaban J connectivity index is 0.000000509. The van der Waals surface area contributed by atoms with Gasteiger partial charge in [0.25, 0.3) is 0 Å². The highest BCUT2D eigenvalue weighted by Crippen LogP contribution is 2.30. The first-order chi connectivity index (χ1) is 7.79. The smallest absolute Gasteiger partial charge is 0.160 e. The Morgan fingerprint density at radius 3 is 2.62 bits per heavy atom. The maximum atomic E-state index is 10.4. The first-order valence-electron chi connectivity index (χ1n) is 5.14. The van der Waals surface area contributed by atoms with Crippen LogP contribution < -0.4 is 4.74 Å². The molecule has 0 saturated heterocycles. The first kappa shape index (κ1) is 15.1. The lowest BCUT2D eigenvalue weighted by Gasteiger charge is -2.00. The van der Waals surface area contributed by atoms with E-state index >= 15 is 0 Å². The molecule has 0 radical (unpaired) electrons. The summed E-state index contributed by atoms with van der Waals surface area (Å²) in [6, 6.07) is 5.77. The lowest BCUT2D eigenvalue weighted by molar-refractivity contribution is -0.113. The standard InChI is InChI=1S/C9H7BrO2.C2H6.CH4O/c10-7-1-2-9-6(3-7)4-8(5-11)12-9;2*1-2/h1-3,5,8H,4H2;1-2H3;2H,1H3. The molecule has 2 rings (SSSR count). The van der Waals surface area contributed by atoms with Gasteiger partial charge in [0.2, 0.25) is 0 Å². The van der Waals surface area contributed by atoms with Gasteiger partial charge in [-0.25, -0.2) is 0 Å². The minimum absolute atomic E-state index is 0.283. The number of benzene rings is 1. The van der Waals surface area contributed by atoms with Gasteiger partial charge in [0, 0.05) is 18.0 Å². The molecule has 0 amide bonds. The molecule has 1 aromatic rings. The third kappa shape index (κ3) is 3.94. The highest BCUT2D eigenvalue weighted by Gasteiger charge is 2.21. The van der Waals surface area contributed by atoms with Gasteiger partial charge in [0.15, 0.2) is 12.4 Å². The highest BCUT2D eigenvalue weighted by molar-refractivity contribution is 9.10. The molecular formula is C12H17BrO3. The summed E-state index contributed by atoms with van der Waals surface area (Å²) in [6.45, 7) is 4.00. The van der Waals surface area contributed by atoms with Crippen LogP contribution in [0.15, 0.2) is 22.7 Å². The molecule has 90 valence electrons. The number of aliphatic hydroxyl groups is 1. The minimum atomic E-state index is -0.283. The number of hydrogen-bond donors (Lipinski definition) is 1. The maximum Gasteiger partial charge on any atom is 0.160 e. The molecule has 0 bridgehead atoms. The quantitative estimate of drug-likeness (QED) is 0.808. The van der Waals surface area contributed by atoms with Crippen LogP contribution in [0.5, 0.6) is 5.75 Å². The summed E-state index contributed by atoms with van der Waals surface area (Å²) in [7, 11) is 1.00. The predicted octanol–water partition coefficient (Wildman–Crippen LogP) is 2.59. The van der Waals surface area contributed by atoms with Crippen molar-refractivity contribution in [1.82, 2.24) is 0 Å². The van der Waals surface area contributed by atoms with E-state index in [-0.39, 0.29) is 6.10 Å². The molecule has 1 atom stereocenters. The third-order valence-corrected chi connectivity index (χ3v) is 2.37. The van der Waals surface area contributed by atoms with Crippen molar-refractivity contribution in [2.45, 2.75) is 26.4 Å². The molecular weight excluding hydrogens is 272 g/mol. The Morgan fingerprint density at radius 2 is 2.06 bits per heavy atom. The van der Waals surface area contributed by atoms with E-state index in [1.54, 1.807) is 0 Å². The van der Waals surface area contributed by atoms with E-state index in [1.165, 1.54) is 0 Å². The second kappa shape index (κ2) is 8.30. The van der Waals surface area contributed by atoms with Crippen LogP contribution in [0, 0.1) is 0 Å². The number of carbonyl (C=O) groups excluding carboxylic acids is 1. The van der Waals surface area contributed by atoms with E-state index in [1.807, 2.05) is 32.0 Å². The maximum absolute atomic E-state index is 10.4. The summed E-state index contributed by atoms with van der Waals surface area (Å²) in [5, 5.41) is 7.00. The van der Waals surface area contributed by atoms with Crippen molar-refractivity contribution < 1.29 is 14.6 Å². The molecule has 1 aromatic carbocycles. The molecule has 1 unspecified atom stereocenters. The van der Waals surface area contributed by atoms with Gasteiger partial charge < -0.3 is 9.84 Å². The van der Waals surface area contributed by atoms with Gasteiger partial charge in [-0.2, -0.15) is 0 Å². The molecule has 0 aromatic heterocycles.